The van der Waals surface area contributed by atoms with Crippen molar-refractivity contribution in [3.63, 3.8) is 0 Å². The predicted octanol–water partition coefficient (Wildman–Crippen LogP) is 6.73. The second kappa shape index (κ2) is 11.5. The van der Waals surface area contributed by atoms with Crippen LogP contribution >= 0.6 is 23.2 Å². The highest BCUT2D eigenvalue weighted by Gasteiger charge is 2.24. The fourth-order valence-corrected chi connectivity index (χ4v) is 3.90. The summed E-state index contributed by atoms with van der Waals surface area (Å²) in [4.78, 5) is 21.7. The van der Waals surface area contributed by atoms with E-state index in [1.807, 2.05) is 6.92 Å². The summed E-state index contributed by atoms with van der Waals surface area (Å²) in [6, 6.07) is 5.25. The molecule has 7 heteroatoms. The Kier molecular flexibility index (Phi) is 9.34. The summed E-state index contributed by atoms with van der Waals surface area (Å²) in [5, 5.41) is 10.0. The Bertz CT molecular complexity index is 843. The number of hydroxylamine groups is 1. The minimum atomic E-state index is -0.670. The Morgan fingerprint density at radius 1 is 1.14 bits per heavy atom. The van der Waals surface area contributed by atoms with Gasteiger partial charge < -0.3 is 0 Å². The van der Waals surface area contributed by atoms with Crippen molar-refractivity contribution in [1.82, 2.24) is 15.4 Å². The lowest BCUT2D eigenvalue weighted by molar-refractivity contribution is 0.0698. The van der Waals surface area contributed by atoms with Crippen LogP contribution in [0.15, 0.2) is 18.2 Å². The van der Waals surface area contributed by atoms with E-state index in [1.54, 1.807) is 23.7 Å². The van der Waals surface area contributed by atoms with Crippen LogP contribution in [0.4, 0.5) is 0 Å². The molecule has 2 aromatic rings. The number of carbonyl (C=O) groups excluding carboxylic acids is 1. The first-order valence-electron chi connectivity index (χ1n) is 10.2. The van der Waals surface area contributed by atoms with Gasteiger partial charge in [-0.2, -0.15) is 0 Å². The van der Waals surface area contributed by atoms with E-state index < -0.39 is 5.91 Å². The normalized spacial score (nSPS) is 12.1. The molecule has 0 saturated heterocycles. The van der Waals surface area contributed by atoms with Gasteiger partial charge in [-0.1, -0.05) is 81.3 Å². The van der Waals surface area contributed by atoms with Crippen LogP contribution in [0.5, 0.6) is 0 Å². The van der Waals surface area contributed by atoms with Gasteiger partial charge in [-0.15, -0.1) is 0 Å². The van der Waals surface area contributed by atoms with Crippen molar-refractivity contribution in [2.75, 3.05) is 0 Å². The summed E-state index contributed by atoms with van der Waals surface area (Å²) >= 11 is 12.5. The minimum Gasteiger partial charge on any atom is -0.288 e. The smallest absolute Gasteiger partial charge is 0.288 e. The third-order valence-corrected chi connectivity index (χ3v) is 5.97. The van der Waals surface area contributed by atoms with E-state index in [2.05, 4.69) is 18.8 Å². The van der Waals surface area contributed by atoms with Crippen molar-refractivity contribution in [3.8, 4) is 11.3 Å². The maximum absolute atomic E-state index is 12.4. The highest BCUT2D eigenvalue weighted by molar-refractivity contribution is 6.43. The minimum absolute atomic E-state index is 0.0963. The Morgan fingerprint density at radius 2 is 1.86 bits per heavy atom. The maximum Gasteiger partial charge on any atom is 0.295 e. The van der Waals surface area contributed by atoms with Crippen molar-refractivity contribution < 1.29 is 10.0 Å². The first-order chi connectivity index (χ1) is 13.9. The third-order valence-electron chi connectivity index (χ3n) is 5.16. The fraction of sp³-hybridized carbons (Fsp3) is 0.500. The second-order valence-corrected chi connectivity index (χ2v) is 8.03. The van der Waals surface area contributed by atoms with Crippen LogP contribution in [0.3, 0.4) is 0 Å². The summed E-state index contributed by atoms with van der Waals surface area (Å²) in [6.45, 7) is 6.12. The zero-order valence-electron chi connectivity index (χ0n) is 17.3. The lowest BCUT2D eigenvalue weighted by Gasteiger charge is -2.19. The first-order valence-corrected chi connectivity index (χ1v) is 11.0. The molecule has 0 fully saturated rings. The molecule has 1 heterocycles. The number of hydrogen-bond donors (Lipinski definition) is 2. The average Bonchev–Trinajstić information content (AvgIpc) is 2.72. The summed E-state index contributed by atoms with van der Waals surface area (Å²) in [5.74, 6) is -0.574. The molecule has 2 N–H and O–H groups in total. The molecule has 1 amide bonds. The zero-order chi connectivity index (χ0) is 21.4. The van der Waals surface area contributed by atoms with Gasteiger partial charge in [0.25, 0.3) is 5.91 Å². The van der Waals surface area contributed by atoms with Gasteiger partial charge in [0.15, 0.2) is 5.69 Å². The van der Waals surface area contributed by atoms with Crippen LogP contribution in [-0.2, 0) is 0 Å². The SMILES string of the molecule is CCCCCCCC(CC)c1nc(C)c(-c2cccc(Cl)c2Cl)nc1C(=O)NO. The van der Waals surface area contributed by atoms with E-state index in [1.165, 1.54) is 19.3 Å². The molecule has 0 aliphatic heterocycles. The van der Waals surface area contributed by atoms with Crippen LogP contribution in [0.2, 0.25) is 10.0 Å². The van der Waals surface area contributed by atoms with E-state index >= 15 is 0 Å². The Hall–Kier alpha value is -1.69. The van der Waals surface area contributed by atoms with Crippen LogP contribution in [0.1, 0.15) is 86.6 Å². The van der Waals surface area contributed by atoms with E-state index in [4.69, 9.17) is 28.2 Å². The lowest BCUT2D eigenvalue weighted by atomic mass is 9.92. The Morgan fingerprint density at radius 3 is 2.52 bits per heavy atom. The number of halogens is 2. The van der Waals surface area contributed by atoms with E-state index in [-0.39, 0.29) is 11.6 Å². The molecule has 0 saturated carbocycles. The van der Waals surface area contributed by atoms with Gasteiger partial charge in [0.1, 0.15) is 0 Å². The van der Waals surface area contributed by atoms with Crippen LogP contribution in [-0.4, -0.2) is 21.1 Å². The van der Waals surface area contributed by atoms with Gasteiger partial charge in [-0.05, 0) is 25.8 Å². The molecule has 1 unspecified atom stereocenters. The molecular weight excluding hydrogens is 409 g/mol. The van der Waals surface area contributed by atoms with Gasteiger partial charge in [0.2, 0.25) is 0 Å². The van der Waals surface area contributed by atoms with E-state index in [0.717, 1.165) is 25.7 Å². The second-order valence-electron chi connectivity index (χ2n) is 7.24. The van der Waals surface area contributed by atoms with Crippen molar-refractivity contribution in [2.45, 2.75) is 71.6 Å². The monoisotopic (exact) mass is 437 g/mol. The molecule has 1 aromatic heterocycles. The van der Waals surface area contributed by atoms with Gasteiger partial charge >= 0.3 is 0 Å². The van der Waals surface area contributed by atoms with Crippen molar-refractivity contribution in [3.05, 3.63) is 45.3 Å². The van der Waals surface area contributed by atoms with Crippen LogP contribution in [0.25, 0.3) is 11.3 Å². The largest absolute Gasteiger partial charge is 0.295 e. The van der Waals surface area contributed by atoms with E-state index in [0.29, 0.717) is 32.7 Å². The Labute approximate surface area is 182 Å². The van der Waals surface area contributed by atoms with Crippen molar-refractivity contribution in [1.29, 1.82) is 0 Å². The summed E-state index contributed by atoms with van der Waals surface area (Å²) < 4.78 is 0. The van der Waals surface area contributed by atoms with Gasteiger partial charge in [0.05, 0.1) is 27.1 Å². The first kappa shape index (κ1) is 23.6. The quantitative estimate of drug-likeness (QED) is 0.245. The number of unbranched alkanes of at least 4 members (excludes halogenated alkanes) is 4. The molecule has 29 heavy (non-hydrogen) atoms. The van der Waals surface area contributed by atoms with Crippen molar-refractivity contribution in [2.24, 2.45) is 0 Å². The number of aromatic nitrogens is 2. The number of aryl methyl sites for hydroxylation is 1. The zero-order valence-corrected chi connectivity index (χ0v) is 18.8. The molecule has 0 bridgehead atoms. The number of hydrogen-bond acceptors (Lipinski definition) is 4. The number of carbonyl (C=O) groups is 1. The summed E-state index contributed by atoms with van der Waals surface area (Å²) in [6.07, 6.45) is 7.66. The number of nitrogens with one attached hydrogen (secondary N) is 1. The van der Waals surface area contributed by atoms with Crippen molar-refractivity contribution >= 4 is 29.1 Å². The number of rotatable bonds is 10. The van der Waals surface area contributed by atoms with Gasteiger partial charge in [-0.3, -0.25) is 15.0 Å². The molecule has 1 atom stereocenters. The summed E-state index contributed by atoms with van der Waals surface area (Å²) in [7, 11) is 0. The van der Waals surface area contributed by atoms with E-state index in [9.17, 15) is 10.0 Å². The molecule has 0 spiro atoms. The highest BCUT2D eigenvalue weighted by Crippen LogP contribution is 2.35. The average molecular weight is 438 g/mol. The topological polar surface area (TPSA) is 75.1 Å². The number of nitrogens with zero attached hydrogens (tertiary/aromatic N) is 2. The molecule has 1 aromatic carbocycles. The maximum atomic E-state index is 12.4. The molecule has 158 valence electrons. The standard InChI is InChI=1S/C22H29Cl2N3O2/c1-4-6-7-8-9-11-15(5-2)20-21(22(28)27-29)26-19(14(3)25-20)16-12-10-13-17(23)18(16)24/h10,12-13,15,29H,4-9,11H2,1-3H3,(H,27,28). The van der Waals surface area contributed by atoms with Gasteiger partial charge in [0, 0.05) is 11.5 Å². The van der Waals surface area contributed by atoms with Crippen LogP contribution in [0, 0.1) is 6.92 Å². The molecule has 0 aliphatic rings. The Balaban J connectivity index is 2.43. The van der Waals surface area contributed by atoms with Crippen LogP contribution < -0.4 is 5.48 Å². The lowest BCUT2D eigenvalue weighted by Crippen LogP contribution is -2.24. The molecular formula is C22H29Cl2N3O2. The number of benzene rings is 1. The molecule has 5 nitrogen and oxygen atoms in total. The number of amides is 1. The molecule has 0 radical (unpaired) electrons. The third kappa shape index (κ3) is 5.91. The molecule has 2 rings (SSSR count). The fourth-order valence-electron chi connectivity index (χ4n) is 3.51. The van der Waals surface area contributed by atoms with Gasteiger partial charge in [-0.25, -0.2) is 10.5 Å². The summed E-state index contributed by atoms with van der Waals surface area (Å²) in [5.41, 5.74) is 4.22. The molecule has 0 aliphatic carbocycles. The predicted molar refractivity (Wildman–Crippen MR) is 118 cm³/mol. The highest BCUT2D eigenvalue weighted by atomic mass is 35.5.